The number of carbonyl (C=O) groups is 2. The summed E-state index contributed by atoms with van der Waals surface area (Å²) in [6, 6.07) is 0. The van der Waals surface area contributed by atoms with E-state index in [9.17, 15) is 9.59 Å². The van der Waals surface area contributed by atoms with Crippen molar-refractivity contribution < 1.29 is 14.3 Å². The van der Waals surface area contributed by atoms with Crippen LogP contribution in [0, 0.1) is 0 Å². The summed E-state index contributed by atoms with van der Waals surface area (Å²) in [5.41, 5.74) is 0. The summed E-state index contributed by atoms with van der Waals surface area (Å²) >= 11 is 0. The molecule has 0 saturated carbocycles. The lowest BCUT2D eigenvalue weighted by molar-refractivity contribution is -0.143. The number of hydrogen-bond acceptors (Lipinski definition) is 3. The lowest BCUT2D eigenvalue weighted by Crippen LogP contribution is -2.04. The van der Waals surface area contributed by atoms with Gasteiger partial charge in [-0.15, -0.1) is 0 Å². The average molecular weight is 284 g/mol. The smallest absolute Gasteiger partial charge is 0.305 e. The van der Waals surface area contributed by atoms with E-state index in [2.05, 4.69) is 0 Å². The Kier molecular flexibility index (Phi) is 15.5. The molecule has 0 rings (SSSR count). The van der Waals surface area contributed by atoms with Crippen molar-refractivity contribution in [2.45, 2.75) is 90.4 Å². The molecule has 0 aliphatic rings. The van der Waals surface area contributed by atoms with Crippen LogP contribution >= 0.6 is 0 Å². The third kappa shape index (κ3) is 15.2. The normalized spacial score (nSPS) is 10.4. The average Bonchev–Trinajstić information content (AvgIpc) is 2.44. The summed E-state index contributed by atoms with van der Waals surface area (Å²) in [6.45, 7) is 2.58. The fourth-order valence-corrected chi connectivity index (χ4v) is 2.21. The van der Waals surface area contributed by atoms with Crippen LogP contribution in [0.5, 0.6) is 0 Å². The third-order valence-electron chi connectivity index (χ3n) is 3.43. The topological polar surface area (TPSA) is 43.4 Å². The SMILES string of the molecule is CCCC(=O)OCCCCCCCCCCCCC=O. The number of esters is 1. The van der Waals surface area contributed by atoms with Gasteiger partial charge in [-0.2, -0.15) is 0 Å². The van der Waals surface area contributed by atoms with Crippen LogP contribution in [0.1, 0.15) is 90.4 Å². The molecular formula is C17H32O3. The molecule has 0 bridgehead atoms. The summed E-state index contributed by atoms with van der Waals surface area (Å²) < 4.78 is 5.11. The van der Waals surface area contributed by atoms with E-state index in [1.807, 2.05) is 6.92 Å². The highest BCUT2D eigenvalue weighted by Crippen LogP contribution is 2.11. The van der Waals surface area contributed by atoms with E-state index in [1.54, 1.807) is 0 Å². The molecule has 0 unspecified atom stereocenters. The first-order valence-electron chi connectivity index (χ1n) is 8.40. The van der Waals surface area contributed by atoms with Gasteiger partial charge >= 0.3 is 5.97 Å². The Labute approximate surface area is 124 Å². The number of unbranched alkanes of at least 4 members (excludes halogenated alkanes) is 10. The monoisotopic (exact) mass is 284 g/mol. The predicted molar refractivity (Wildman–Crippen MR) is 82.7 cm³/mol. The lowest BCUT2D eigenvalue weighted by Gasteiger charge is -2.04. The number of ether oxygens (including phenoxy) is 1. The second-order valence-corrected chi connectivity index (χ2v) is 5.46. The Morgan fingerprint density at radius 1 is 0.850 bits per heavy atom. The minimum Gasteiger partial charge on any atom is -0.466 e. The van der Waals surface area contributed by atoms with E-state index < -0.39 is 0 Å². The van der Waals surface area contributed by atoms with E-state index in [-0.39, 0.29) is 5.97 Å². The Morgan fingerprint density at radius 2 is 1.35 bits per heavy atom. The fourth-order valence-electron chi connectivity index (χ4n) is 2.21. The van der Waals surface area contributed by atoms with Crippen LogP contribution in [0.15, 0.2) is 0 Å². The predicted octanol–water partition coefficient (Wildman–Crippen LogP) is 4.82. The van der Waals surface area contributed by atoms with Gasteiger partial charge in [0.05, 0.1) is 6.61 Å². The van der Waals surface area contributed by atoms with E-state index in [0.717, 1.165) is 32.0 Å². The van der Waals surface area contributed by atoms with Gasteiger partial charge in [-0.25, -0.2) is 0 Å². The maximum Gasteiger partial charge on any atom is 0.305 e. The standard InChI is InChI=1S/C17H32O3/c1-2-14-17(19)20-16-13-11-9-7-5-3-4-6-8-10-12-15-18/h15H,2-14,16H2,1H3. The minimum atomic E-state index is -0.0536. The van der Waals surface area contributed by atoms with Crippen LogP contribution in [0.25, 0.3) is 0 Å². The number of rotatable bonds is 15. The molecule has 0 aromatic rings. The summed E-state index contributed by atoms with van der Waals surface area (Å²) in [5.74, 6) is -0.0536. The van der Waals surface area contributed by atoms with Crippen LogP contribution < -0.4 is 0 Å². The van der Waals surface area contributed by atoms with E-state index in [1.165, 1.54) is 51.4 Å². The molecule has 0 saturated heterocycles. The van der Waals surface area contributed by atoms with Crippen molar-refractivity contribution in [3.8, 4) is 0 Å². The van der Waals surface area contributed by atoms with Gasteiger partial charge in [0.1, 0.15) is 6.29 Å². The van der Waals surface area contributed by atoms with E-state index in [0.29, 0.717) is 13.0 Å². The first kappa shape index (κ1) is 19.1. The summed E-state index contributed by atoms with van der Waals surface area (Å²) in [5, 5.41) is 0. The molecule has 0 aliphatic heterocycles. The van der Waals surface area contributed by atoms with Gasteiger partial charge in [-0.05, 0) is 19.3 Å². The van der Waals surface area contributed by atoms with Crippen molar-refractivity contribution in [2.24, 2.45) is 0 Å². The second kappa shape index (κ2) is 16.2. The highest BCUT2D eigenvalue weighted by atomic mass is 16.5. The summed E-state index contributed by atoms with van der Waals surface area (Å²) in [7, 11) is 0. The lowest BCUT2D eigenvalue weighted by atomic mass is 10.1. The zero-order valence-corrected chi connectivity index (χ0v) is 13.2. The molecule has 0 N–H and O–H groups in total. The van der Waals surface area contributed by atoms with Crippen LogP contribution in [0.3, 0.4) is 0 Å². The Bertz CT molecular complexity index is 226. The first-order chi connectivity index (χ1) is 9.81. The maximum atomic E-state index is 11.1. The minimum absolute atomic E-state index is 0.0536. The summed E-state index contributed by atoms with van der Waals surface area (Å²) in [6.07, 6.45) is 15.3. The summed E-state index contributed by atoms with van der Waals surface area (Å²) in [4.78, 5) is 21.2. The van der Waals surface area contributed by atoms with Crippen LogP contribution in [-0.2, 0) is 14.3 Å². The van der Waals surface area contributed by atoms with Crippen LogP contribution in [-0.4, -0.2) is 18.9 Å². The Morgan fingerprint density at radius 3 is 1.85 bits per heavy atom. The zero-order chi connectivity index (χ0) is 14.9. The molecular weight excluding hydrogens is 252 g/mol. The maximum absolute atomic E-state index is 11.1. The largest absolute Gasteiger partial charge is 0.466 e. The van der Waals surface area contributed by atoms with Crippen LogP contribution in [0.4, 0.5) is 0 Å². The zero-order valence-electron chi connectivity index (χ0n) is 13.2. The first-order valence-corrected chi connectivity index (χ1v) is 8.40. The highest BCUT2D eigenvalue weighted by molar-refractivity contribution is 5.69. The quantitative estimate of drug-likeness (QED) is 0.246. The van der Waals surface area contributed by atoms with Crippen molar-refractivity contribution in [3.05, 3.63) is 0 Å². The third-order valence-corrected chi connectivity index (χ3v) is 3.43. The van der Waals surface area contributed by atoms with Gasteiger partial charge in [0, 0.05) is 12.8 Å². The molecule has 20 heavy (non-hydrogen) atoms. The second-order valence-electron chi connectivity index (χ2n) is 5.46. The van der Waals surface area contributed by atoms with Crippen molar-refractivity contribution >= 4 is 12.3 Å². The molecule has 118 valence electrons. The molecule has 0 aliphatic carbocycles. The molecule has 0 heterocycles. The highest BCUT2D eigenvalue weighted by Gasteiger charge is 1.99. The molecule has 0 atom stereocenters. The van der Waals surface area contributed by atoms with Crippen molar-refractivity contribution in [1.82, 2.24) is 0 Å². The fraction of sp³-hybridized carbons (Fsp3) is 0.882. The van der Waals surface area contributed by atoms with Crippen molar-refractivity contribution in [2.75, 3.05) is 6.61 Å². The number of hydrogen-bond donors (Lipinski definition) is 0. The van der Waals surface area contributed by atoms with E-state index >= 15 is 0 Å². The molecule has 0 aromatic carbocycles. The molecule has 0 radical (unpaired) electrons. The molecule has 3 heteroatoms. The van der Waals surface area contributed by atoms with E-state index in [4.69, 9.17) is 4.74 Å². The Hall–Kier alpha value is -0.860. The Balaban J connectivity index is 3.02. The van der Waals surface area contributed by atoms with Gasteiger partial charge < -0.3 is 9.53 Å². The van der Waals surface area contributed by atoms with Gasteiger partial charge in [-0.1, -0.05) is 58.3 Å². The van der Waals surface area contributed by atoms with Crippen molar-refractivity contribution in [1.29, 1.82) is 0 Å². The molecule has 3 nitrogen and oxygen atoms in total. The molecule has 0 fully saturated rings. The van der Waals surface area contributed by atoms with Crippen LogP contribution in [0.2, 0.25) is 0 Å². The van der Waals surface area contributed by atoms with Crippen molar-refractivity contribution in [3.63, 3.8) is 0 Å². The number of carbonyl (C=O) groups excluding carboxylic acids is 2. The van der Waals surface area contributed by atoms with Gasteiger partial charge in [0.25, 0.3) is 0 Å². The van der Waals surface area contributed by atoms with Gasteiger partial charge in [0.15, 0.2) is 0 Å². The number of aldehydes is 1. The van der Waals surface area contributed by atoms with Gasteiger partial charge in [-0.3, -0.25) is 4.79 Å². The molecule has 0 aromatic heterocycles. The molecule has 0 spiro atoms. The van der Waals surface area contributed by atoms with Gasteiger partial charge in [0.2, 0.25) is 0 Å². The molecule has 0 amide bonds.